The van der Waals surface area contributed by atoms with E-state index in [0.717, 1.165) is 16.8 Å². The Labute approximate surface area is 99.4 Å². The molecule has 2 amide bonds. The molecule has 0 bridgehead atoms. The highest BCUT2D eigenvalue weighted by atomic mass is 16.2. The van der Waals surface area contributed by atoms with Crippen LogP contribution in [0.1, 0.15) is 11.1 Å². The number of hydrogen-bond donors (Lipinski definition) is 2. The van der Waals surface area contributed by atoms with E-state index < -0.39 is 11.9 Å². The number of amides is 2. The van der Waals surface area contributed by atoms with Crippen LogP contribution in [0.15, 0.2) is 18.2 Å². The summed E-state index contributed by atoms with van der Waals surface area (Å²) in [6.45, 7) is 0. The van der Waals surface area contributed by atoms with Crippen LogP contribution in [-0.4, -0.2) is 24.9 Å². The van der Waals surface area contributed by atoms with Crippen LogP contribution < -0.4 is 16.4 Å². The van der Waals surface area contributed by atoms with Gasteiger partial charge in [0.25, 0.3) is 0 Å². The number of rotatable bonds is 3. The zero-order valence-corrected chi connectivity index (χ0v) is 9.64. The van der Waals surface area contributed by atoms with Crippen molar-refractivity contribution in [2.45, 2.75) is 18.9 Å². The molecule has 1 heterocycles. The fourth-order valence-corrected chi connectivity index (χ4v) is 2.01. The summed E-state index contributed by atoms with van der Waals surface area (Å²) in [5, 5.41) is 0. The minimum absolute atomic E-state index is 0.0800. The van der Waals surface area contributed by atoms with Crippen LogP contribution in [0.5, 0.6) is 0 Å². The van der Waals surface area contributed by atoms with Crippen molar-refractivity contribution in [3.8, 4) is 0 Å². The third-order valence-corrected chi connectivity index (χ3v) is 3.04. The standard InChI is InChI=1S/C12H15N3O2/c1-15-10-3-2-7(5-9(13)12(14)17)4-8(10)6-11(15)16/h2-4,9H,5-6,13H2,1H3,(H2,14,17). The molecule has 4 N–H and O–H groups in total. The van der Waals surface area contributed by atoms with Gasteiger partial charge in [-0.05, 0) is 23.6 Å². The maximum atomic E-state index is 11.5. The Morgan fingerprint density at radius 2 is 2.24 bits per heavy atom. The van der Waals surface area contributed by atoms with E-state index in [1.165, 1.54) is 0 Å². The Hall–Kier alpha value is -1.88. The Balaban J connectivity index is 2.21. The molecule has 90 valence electrons. The molecule has 5 heteroatoms. The molecule has 1 unspecified atom stereocenters. The quantitative estimate of drug-likeness (QED) is 0.741. The summed E-state index contributed by atoms with van der Waals surface area (Å²) >= 11 is 0. The van der Waals surface area contributed by atoms with Crippen LogP contribution in [-0.2, 0) is 22.4 Å². The fraction of sp³-hybridized carbons (Fsp3) is 0.333. The largest absolute Gasteiger partial charge is 0.368 e. The summed E-state index contributed by atoms with van der Waals surface area (Å²) in [6.07, 6.45) is 0.812. The summed E-state index contributed by atoms with van der Waals surface area (Å²) in [7, 11) is 1.75. The van der Waals surface area contributed by atoms with Gasteiger partial charge in [0.2, 0.25) is 11.8 Å². The van der Waals surface area contributed by atoms with E-state index in [4.69, 9.17) is 11.5 Å². The minimum Gasteiger partial charge on any atom is -0.368 e. The first kappa shape index (κ1) is 11.6. The molecule has 0 radical (unpaired) electrons. The lowest BCUT2D eigenvalue weighted by atomic mass is 10.0. The maximum absolute atomic E-state index is 11.5. The van der Waals surface area contributed by atoms with Crippen LogP contribution in [0, 0.1) is 0 Å². The van der Waals surface area contributed by atoms with Gasteiger partial charge in [-0.25, -0.2) is 0 Å². The lowest BCUT2D eigenvalue weighted by molar-refractivity contribution is -0.119. The number of fused-ring (bicyclic) bond motifs is 1. The summed E-state index contributed by atoms with van der Waals surface area (Å²) < 4.78 is 0. The number of benzene rings is 1. The van der Waals surface area contributed by atoms with E-state index in [1.54, 1.807) is 11.9 Å². The predicted molar refractivity (Wildman–Crippen MR) is 64.4 cm³/mol. The zero-order chi connectivity index (χ0) is 12.6. The summed E-state index contributed by atoms with van der Waals surface area (Å²) in [5.74, 6) is -0.435. The van der Waals surface area contributed by atoms with Crippen molar-refractivity contribution >= 4 is 17.5 Å². The number of carbonyl (C=O) groups is 2. The van der Waals surface area contributed by atoms with Crippen molar-refractivity contribution in [1.29, 1.82) is 0 Å². The highest BCUT2D eigenvalue weighted by molar-refractivity contribution is 6.00. The fourth-order valence-electron chi connectivity index (χ4n) is 2.01. The molecule has 0 aromatic heterocycles. The molecule has 1 aliphatic heterocycles. The summed E-state index contributed by atoms with van der Waals surface area (Å²) in [6, 6.07) is 4.99. The van der Waals surface area contributed by atoms with Crippen molar-refractivity contribution in [1.82, 2.24) is 0 Å². The van der Waals surface area contributed by atoms with Gasteiger partial charge in [0, 0.05) is 12.7 Å². The lowest BCUT2D eigenvalue weighted by Crippen LogP contribution is -2.38. The second kappa shape index (κ2) is 4.18. The third-order valence-electron chi connectivity index (χ3n) is 3.04. The van der Waals surface area contributed by atoms with E-state index in [2.05, 4.69) is 0 Å². The maximum Gasteiger partial charge on any atom is 0.234 e. The molecule has 1 aromatic carbocycles. The highest BCUT2D eigenvalue weighted by Crippen LogP contribution is 2.28. The molecule has 0 aliphatic carbocycles. The number of hydrogen-bond acceptors (Lipinski definition) is 3. The summed E-state index contributed by atoms with van der Waals surface area (Å²) in [4.78, 5) is 24.0. The Morgan fingerprint density at radius 1 is 1.53 bits per heavy atom. The van der Waals surface area contributed by atoms with Crippen molar-refractivity contribution in [3.05, 3.63) is 29.3 Å². The number of primary amides is 1. The highest BCUT2D eigenvalue weighted by Gasteiger charge is 2.24. The van der Waals surface area contributed by atoms with Crippen molar-refractivity contribution < 1.29 is 9.59 Å². The molecular formula is C12H15N3O2. The number of nitrogens with zero attached hydrogens (tertiary/aromatic N) is 1. The third kappa shape index (κ3) is 2.14. The molecular weight excluding hydrogens is 218 g/mol. The van der Waals surface area contributed by atoms with Gasteiger partial charge in [-0.3, -0.25) is 9.59 Å². The number of carbonyl (C=O) groups excluding carboxylic acids is 2. The van der Waals surface area contributed by atoms with Crippen LogP contribution in [0.2, 0.25) is 0 Å². The lowest BCUT2D eigenvalue weighted by Gasteiger charge is -2.11. The van der Waals surface area contributed by atoms with E-state index in [-0.39, 0.29) is 5.91 Å². The van der Waals surface area contributed by atoms with Crippen LogP contribution >= 0.6 is 0 Å². The van der Waals surface area contributed by atoms with Gasteiger partial charge < -0.3 is 16.4 Å². The minimum atomic E-state index is -0.678. The van der Waals surface area contributed by atoms with Gasteiger partial charge in [-0.15, -0.1) is 0 Å². The zero-order valence-electron chi connectivity index (χ0n) is 9.64. The van der Waals surface area contributed by atoms with Gasteiger partial charge in [0.1, 0.15) is 0 Å². The Bertz CT molecular complexity index is 485. The SMILES string of the molecule is CN1C(=O)Cc2cc(CC(N)C(N)=O)ccc21. The smallest absolute Gasteiger partial charge is 0.234 e. The second-order valence-corrected chi connectivity index (χ2v) is 4.31. The Kier molecular flexibility index (Phi) is 2.85. The van der Waals surface area contributed by atoms with E-state index >= 15 is 0 Å². The Morgan fingerprint density at radius 3 is 2.88 bits per heavy atom. The number of nitrogens with two attached hydrogens (primary N) is 2. The molecule has 0 saturated heterocycles. The first-order valence-electron chi connectivity index (χ1n) is 5.42. The van der Waals surface area contributed by atoms with Gasteiger partial charge in [0.05, 0.1) is 12.5 Å². The molecule has 1 aliphatic rings. The first-order valence-corrected chi connectivity index (χ1v) is 5.42. The molecule has 17 heavy (non-hydrogen) atoms. The average molecular weight is 233 g/mol. The van der Waals surface area contributed by atoms with Crippen molar-refractivity contribution in [3.63, 3.8) is 0 Å². The molecule has 0 saturated carbocycles. The van der Waals surface area contributed by atoms with Crippen LogP contribution in [0.3, 0.4) is 0 Å². The molecule has 0 spiro atoms. The first-order chi connectivity index (χ1) is 7.99. The summed E-state index contributed by atoms with van der Waals surface area (Å²) in [5.41, 5.74) is 13.5. The van der Waals surface area contributed by atoms with Crippen molar-refractivity contribution in [2.75, 3.05) is 11.9 Å². The topological polar surface area (TPSA) is 89.4 Å². The number of likely N-dealkylation sites (N-methyl/N-ethyl adjacent to an activating group) is 1. The molecule has 5 nitrogen and oxygen atoms in total. The average Bonchev–Trinajstić information content (AvgIpc) is 2.54. The van der Waals surface area contributed by atoms with Gasteiger partial charge in [-0.2, -0.15) is 0 Å². The van der Waals surface area contributed by atoms with Gasteiger partial charge >= 0.3 is 0 Å². The van der Waals surface area contributed by atoms with Gasteiger partial charge in [0.15, 0.2) is 0 Å². The van der Waals surface area contributed by atoms with Crippen LogP contribution in [0.4, 0.5) is 5.69 Å². The van der Waals surface area contributed by atoms with E-state index in [1.807, 2.05) is 18.2 Å². The molecule has 1 aromatic rings. The van der Waals surface area contributed by atoms with E-state index in [9.17, 15) is 9.59 Å². The second-order valence-electron chi connectivity index (χ2n) is 4.31. The number of anilines is 1. The van der Waals surface area contributed by atoms with Crippen LogP contribution in [0.25, 0.3) is 0 Å². The molecule has 2 rings (SSSR count). The predicted octanol–water partition coefficient (Wildman–Crippen LogP) is -0.439. The van der Waals surface area contributed by atoms with E-state index in [0.29, 0.717) is 12.8 Å². The normalized spacial score (nSPS) is 15.9. The molecule has 1 atom stereocenters. The molecule has 0 fully saturated rings. The van der Waals surface area contributed by atoms with Crippen molar-refractivity contribution in [2.24, 2.45) is 11.5 Å². The van der Waals surface area contributed by atoms with Gasteiger partial charge in [-0.1, -0.05) is 12.1 Å². The monoisotopic (exact) mass is 233 g/mol.